The Morgan fingerprint density at radius 1 is 0.350 bits per heavy atom. The van der Waals surface area contributed by atoms with Gasteiger partial charge in [-0.25, -0.2) is 0 Å². The fourth-order valence-corrected chi connectivity index (χ4v) is 5.67. The van der Waals surface area contributed by atoms with Gasteiger partial charge in [0.2, 0.25) is 0 Å². The lowest BCUT2D eigenvalue weighted by molar-refractivity contribution is 0.305. The molecule has 0 N–H and O–H groups in total. The van der Waals surface area contributed by atoms with Crippen molar-refractivity contribution in [2.24, 2.45) is 0 Å². The van der Waals surface area contributed by atoms with Crippen LogP contribution in [0.1, 0.15) is 158 Å². The van der Waals surface area contributed by atoms with Gasteiger partial charge in [-0.15, -0.1) is 0 Å². The van der Waals surface area contributed by atoms with E-state index in [0.717, 1.165) is 0 Å². The highest BCUT2D eigenvalue weighted by molar-refractivity contribution is 6.87. The van der Waals surface area contributed by atoms with E-state index in [1.54, 1.807) is 0 Å². The third-order valence-electron chi connectivity index (χ3n) is 8.29. The fourth-order valence-electron chi connectivity index (χ4n) is 5.67. The van der Waals surface area contributed by atoms with Gasteiger partial charge in [-0.3, -0.25) is 0 Å². The van der Waals surface area contributed by atoms with Gasteiger partial charge in [-0.2, -0.15) is 0 Å². The Bertz CT molecular complexity index is 1070. The van der Waals surface area contributed by atoms with Crippen LogP contribution in [0.3, 0.4) is 0 Å². The first-order valence-corrected chi connectivity index (χ1v) is 15.3. The summed E-state index contributed by atoms with van der Waals surface area (Å²) in [5.41, 5.74) is 10.4. The maximum atomic E-state index is 6.88. The molecule has 0 unspecified atom stereocenters. The zero-order valence-electron chi connectivity index (χ0n) is 29.3. The summed E-state index contributed by atoms with van der Waals surface area (Å²) in [5.74, 6) is 0. The van der Waals surface area contributed by atoms with Gasteiger partial charge in [-0.1, -0.05) is 149 Å². The molecule has 0 bridgehead atoms. The highest BCUT2D eigenvalue weighted by Crippen LogP contribution is 2.37. The summed E-state index contributed by atoms with van der Waals surface area (Å²) in [7, 11) is -0.768. The first-order chi connectivity index (χ1) is 17.6. The molecule has 40 heavy (non-hydrogen) atoms. The third kappa shape index (κ3) is 6.75. The van der Waals surface area contributed by atoms with Crippen LogP contribution in [0.25, 0.3) is 0 Å². The third-order valence-corrected chi connectivity index (χ3v) is 8.29. The molecule has 2 aromatic carbocycles. The number of hydrogen-bond acceptors (Lipinski definition) is 2. The second kappa shape index (κ2) is 10.0. The molecule has 4 heteroatoms. The van der Waals surface area contributed by atoms with Crippen LogP contribution in [-0.2, 0) is 41.6 Å². The summed E-state index contributed by atoms with van der Waals surface area (Å²) in [6, 6.07) is 9.63. The normalized spacial score (nSPS) is 15.9. The highest BCUT2D eigenvalue weighted by Gasteiger charge is 2.50. The molecule has 1 aliphatic heterocycles. The largest absolute Gasteiger partial charge is 0.467 e. The van der Waals surface area contributed by atoms with Gasteiger partial charge in [0.15, 0.2) is 0 Å². The smallest absolute Gasteiger partial charge is 0.445 e. The molecule has 0 spiro atoms. The summed E-state index contributed by atoms with van der Waals surface area (Å²) < 4.78 is 13.8. The van der Waals surface area contributed by atoms with Gasteiger partial charge in [0.1, 0.15) is 0 Å². The molecule has 0 saturated carbocycles. The van der Waals surface area contributed by atoms with Crippen LogP contribution in [0.2, 0.25) is 0 Å². The van der Waals surface area contributed by atoms with Crippen molar-refractivity contribution in [3.63, 3.8) is 0 Å². The molecule has 220 valence electrons. The van der Waals surface area contributed by atoms with Crippen LogP contribution >= 0.6 is 0 Å². The molecular formula is C36H58B2O2. The molecule has 0 amide bonds. The fraction of sp³-hybridized carbons (Fsp3) is 0.667. The van der Waals surface area contributed by atoms with Crippen molar-refractivity contribution in [2.75, 3.05) is 0 Å². The summed E-state index contributed by atoms with van der Waals surface area (Å²) >= 11 is 0. The molecule has 1 saturated heterocycles. The molecular weight excluding hydrogens is 486 g/mol. The zero-order chi connectivity index (χ0) is 31.0. The Hall–Kier alpha value is -1.51. The Morgan fingerprint density at radius 3 is 0.700 bits per heavy atom. The molecule has 0 aliphatic carbocycles. The minimum Gasteiger partial charge on any atom is -0.445 e. The van der Waals surface area contributed by atoms with E-state index >= 15 is 0 Å². The standard InChI is InChI=1S/C36H58B2O2/c1-31(2,3)23-19-25(33(7,8)9)29(26(20-23)34(10,11)12)37-39-38(40-37)30-27(35(13,14)15)21-24(32(4,5)6)22-28(30)36(16,17)18/h19-22H,1-18H3. The van der Waals surface area contributed by atoms with Crippen LogP contribution in [0.4, 0.5) is 0 Å². The summed E-state index contributed by atoms with van der Waals surface area (Å²) in [6.45, 7) is 41.5. The maximum Gasteiger partial charge on any atom is 0.467 e. The number of rotatable bonds is 2. The van der Waals surface area contributed by atoms with Gasteiger partial charge in [0.25, 0.3) is 0 Å². The van der Waals surface area contributed by atoms with Crippen molar-refractivity contribution in [3.05, 3.63) is 57.6 Å². The van der Waals surface area contributed by atoms with E-state index in [9.17, 15) is 0 Å². The van der Waals surface area contributed by atoms with E-state index in [1.165, 1.54) is 44.3 Å². The Balaban J connectivity index is 2.23. The first-order valence-electron chi connectivity index (χ1n) is 15.3. The molecule has 2 aromatic rings. The monoisotopic (exact) mass is 544 g/mol. The lowest BCUT2D eigenvalue weighted by Gasteiger charge is -2.42. The topological polar surface area (TPSA) is 18.5 Å². The lowest BCUT2D eigenvalue weighted by atomic mass is 9.52. The molecule has 1 fully saturated rings. The van der Waals surface area contributed by atoms with Crippen molar-refractivity contribution in [1.29, 1.82) is 0 Å². The predicted molar refractivity (Wildman–Crippen MR) is 178 cm³/mol. The minimum absolute atomic E-state index is 0.0457. The molecule has 0 atom stereocenters. The van der Waals surface area contributed by atoms with Crippen molar-refractivity contribution in [1.82, 2.24) is 0 Å². The molecule has 1 heterocycles. The van der Waals surface area contributed by atoms with Crippen LogP contribution in [0.5, 0.6) is 0 Å². The van der Waals surface area contributed by atoms with Crippen LogP contribution < -0.4 is 10.9 Å². The minimum atomic E-state index is -0.384. The van der Waals surface area contributed by atoms with Crippen molar-refractivity contribution in [3.8, 4) is 0 Å². The molecule has 0 radical (unpaired) electrons. The van der Waals surface area contributed by atoms with E-state index in [-0.39, 0.29) is 46.7 Å². The molecule has 2 nitrogen and oxygen atoms in total. The average Bonchev–Trinajstić information content (AvgIpc) is 2.67. The number of hydrogen-bond donors (Lipinski definition) is 0. The van der Waals surface area contributed by atoms with Crippen molar-refractivity contribution in [2.45, 2.75) is 157 Å². The molecule has 3 rings (SSSR count). The van der Waals surface area contributed by atoms with E-state index in [4.69, 9.17) is 9.14 Å². The van der Waals surface area contributed by atoms with Gasteiger partial charge in [0, 0.05) is 0 Å². The van der Waals surface area contributed by atoms with Crippen LogP contribution in [0.15, 0.2) is 24.3 Å². The van der Waals surface area contributed by atoms with E-state index in [2.05, 4.69) is 149 Å². The van der Waals surface area contributed by atoms with Gasteiger partial charge in [-0.05, 0) is 76.8 Å². The maximum absolute atomic E-state index is 6.88. The van der Waals surface area contributed by atoms with Crippen LogP contribution in [-0.4, -0.2) is 14.2 Å². The Morgan fingerprint density at radius 2 is 0.550 bits per heavy atom. The second-order valence-corrected chi connectivity index (χ2v) is 18.4. The summed E-state index contributed by atoms with van der Waals surface area (Å²) in [4.78, 5) is 0. The SMILES string of the molecule is CC(C)(C)c1cc(C(C)(C)C)c(B2OB(c3c(C(C)(C)C)cc(C(C)(C)C)cc3C(C)(C)C)O2)c(C(C)(C)C)c1. The van der Waals surface area contributed by atoms with E-state index < -0.39 is 0 Å². The highest BCUT2D eigenvalue weighted by atomic mass is 16.7. The zero-order valence-corrected chi connectivity index (χ0v) is 29.3. The van der Waals surface area contributed by atoms with Gasteiger partial charge < -0.3 is 9.14 Å². The number of benzene rings is 2. The van der Waals surface area contributed by atoms with Gasteiger partial charge in [0.05, 0.1) is 0 Å². The second-order valence-electron chi connectivity index (χ2n) is 18.4. The summed E-state index contributed by atoms with van der Waals surface area (Å²) in [5, 5.41) is 0. The first kappa shape index (κ1) is 33.0. The van der Waals surface area contributed by atoms with E-state index in [0.29, 0.717) is 0 Å². The summed E-state index contributed by atoms with van der Waals surface area (Å²) in [6.07, 6.45) is 0. The Labute approximate surface area is 248 Å². The van der Waals surface area contributed by atoms with Gasteiger partial charge >= 0.3 is 14.2 Å². The molecule has 0 aromatic heterocycles. The Kier molecular flexibility index (Phi) is 8.29. The quantitative estimate of drug-likeness (QED) is 0.353. The van der Waals surface area contributed by atoms with Crippen LogP contribution in [0, 0.1) is 0 Å². The van der Waals surface area contributed by atoms with E-state index in [1.807, 2.05) is 0 Å². The molecule has 1 aliphatic rings. The lowest BCUT2D eigenvalue weighted by Crippen LogP contribution is -2.65. The predicted octanol–water partition coefficient (Wildman–Crippen LogP) is 8.61. The average molecular weight is 544 g/mol. The van der Waals surface area contributed by atoms with Crippen molar-refractivity contribution < 1.29 is 9.14 Å². The van der Waals surface area contributed by atoms with Crippen molar-refractivity contribution >= 4 is 25.2 Å².